The van der Waals surface area contributed by atoms with Crippen molar-refractivity contribution in [2.75, 3.05) is 5.32 Å². The Morgan fingerprint density at radius 1 is 1.03 bits per heavy atom. The summed E-state index contributed by atoms with van der Waals surface area (Å²) in [7, 11) is 0. The molecule has 0 aliphatic heterocycles. The average molecular weight is 415 g/mol. The van der Waals surface area contributed by atoms with Crippen LogP contribution in [0.15, 0.2) is 67.0 Å². The van der Waals surface area contributed by atoms with Crippen molar-refractivity contribution < 1.29 is 22.4 Å². The van der Waals surface area contributed by atoms with Crippen LogP contribution in [0, 0.1) is 5.82 Å². The quantitative estimate of drug-likeness (QED) is 0.476. The van der Waals surface area contributed by atoms with E-state index in [1.54, 1.807) is 36.5 Å². The molecule has 0 fully saturated rings. The number of H-pyrrole nitrogens is 1. The zero-order chi connectivity index (χ0) is 21.3. The zero-order valence-electron chi connectivity index (χ0n) is 15.1. The Balaban J connectivity index is 1.65. The average Bonchev–Trinajstić information content (AvgIpc) is 3.39. The Bertz CT molecular complexity index is 1180. The molecule has 2 heterocycles. The van der Waals surface area contributed by atoms with Crippen LogP contribution in [0.3, 0.4) is 0 Å². The van der Waals surface area contributed by atoms with Crippen LogP contribution in [-0.4, -0.2) is 25.9 Å². The van der Waals surface area contributed by atoms with Crippen LogP contribution in [0.4, 0.5) is 23.2 Å². The van der Waals surface area contributed by atoms with E-state index < -0.39 is 34.8 Å². The second kappa shape index (κ2) is 7.47. The smallest absolute Gasteiger partial charge is 0.322 e. The molecule has 2 N–H and O–H groups in total. The second-order valence-corrected chi connectivity index (χ2v) is 6.27. The maximum atomic E-state index is 14.0. The van der Waals surface area contributed by atoms with E-state index in [1.807, 2.05) is 0 Å². The van der Waals surface area contributed by atoms with Gasteiger partial charge in [-0.05, 0) is 35.9 Å². The molecule has 2 aromatic heterocycles. The summed E-state index contributed by atoms with van der Waals surface area (Å²) in [6.07, 6.45) is -2.59. The van der Waals surface area contributed by atoms with Crippen molar-refractivity contribution in [1.29, 1.82) is 0 Å². The summed E-state index contributed by atoms with van der Waals surface area (Å²) in [5.41, 5.74) is -0.669. The number of hydrogen-bond donors (Lipinski definition) is 2. The van der Waals surface area contributed by atoms with Gasteiger partial charge in [-0.1, -0.05) is 24.3 Å². The molecule has 6 nitrogen and oxygen atoms in total. The van der Waals surface area contributed by atoms with E-state index in [1.165, 1.54) is 12.1 Å². The molecule has 0 aliphatic carbocycles. The SMILES string of the molecule is O=C(Nc1ccc(-c2ccn[nH]2)cc1)c1cnn(-c2ccccc2F)c1C(F)(F)F. The fraction of sp³-hybridized carbons (Fsp3) is 0.0500. The van der Waals surface area contributed by atoms with Crippen molar-refractivity contribution >= 4 is 11.6 Å². The number of benzene rings is 2. The van der Waals surface area contributed by atoms with Crippen molar-refractivity contribution in [3.63, 3.8) is 0 Å². The second-order valence-electron chi connectivity index (χ2n) is 6.27. The van der Waals surface area contributed by atoms with Gasteiger partial charge in [-0.15, -0.1) is 0 Å². The number of para-hydroxylation sites is 1. The molecule has 0 saturated heterocycles. The fourth-order valence-corrected chi connectivity index (χ4v) is 2.94. The van der Waals surface area contributed by atoms with E-state index in [0.29, 0.717) is 4.68 Å². The van der Waals surface area contributed by atoms with Crippen molar-refractivity contribution in [3.8, 4) is 16.9 Å². The Morgan fingerprint density at radius 2 is 1.77 bits per heavy atom. The number of hydrogen-bond acceptors (Lipinski definition) is 3. The summed E-state index contributed by atoms with van der Waals surface area (Å²) < 4.78 is 55.5. The minimum Gasteiger partial charge on any atom is -0.322 e. The summed E-state index contributed by atoms with van der Waals surface area (Å²) in [5, 5.41) is 12.6. The molecule has 0 radical (unpaired) electrons. The van der Waals surface area contributed by atoms with Gasteiger partial charge in [0, 0.05) is 11.9 Å². The molecular weight excluding hydrogens is 402 g/mol. The van der Waals surface area contributed by atoms with Gasteiger partial charge in [0.2, 0.25) is 0 Å². The Hall–Kier alpha value is -3.95. The monoisotopic (exact) mass is 415 g/mol. The Labute approximate surface area is 167 Å². The topological polar surface area (TPSA) is 75.6 Å². The standard InChI is InChI=1S/C20H13F4N5O/c21-15-3-1-2-4-17(15)29-18(20(22,23)24)14(11-26-29)19(30)27-13-7-5-12(6-8-13)16-9-10-25-28-16/h1-11H,(H,25,28)(H,27,30). The summed E-state index contributed by atoms with van der Waals surface area (Å²) in [5.74, 6) is -1.91. The van der Waals surface area contributed by atoms with E-state index in [9.17, 15) is 22.4 Å². The van der Waals surface area contributed by atoms with Crippen LogP contribution in [-0.2, 0) is 6.18 Å². The van der Waals surface area contributed by atoms with E-state index in [2.05, 4.69) is 20.6 Å². The third-order valence-electron chi connectivity index (χ3n) is 4.32. The van der Waals surface area contributed by atoms with Crippen LogP contribution < -0.4 is 5.32 Å². The lowest BCUT2D eigenvalue weighted by Gasteiger charge is -2.13. The molecule has 4 aromatic rings. The predicted octanol–water partition coefficient (Wildman–Crippen LogP) is 4.67. The minimum absolute atomic E-state index is 0.287. The summed E-state index contributed by atoms with van der Waals surface area (Å²) in [6.45, 7) is 0. The lowest BCUT2D eigenvalue weighted by molar-refractivity contribution is -0.143. The Morgan fingerprint density at radius 3 is 2.40 bits per heavy atom. The maximum absolute atomic E-state index is 14.0. The molecule has 0 saturated carbocycles. The molecular formula is C20H13F4N5O. The van der Waals surface area contributed by atoms with Gasteiger partial charge in [0.05, 0.1) is 17.5 Å². The van der Waals surface area contributed by atoms with Crippen molar-refractivity contribution in [2.24, 2.45) is 0 Å². The van der Waals surface area contributed by atoms with Gasteiger partial charge in [0.15, 0.2) is 5.69 Å². The van der Waals surface area contributed by atoms with Gasteiger partial charge in [-0.2, -0.15) is 23.4 Å². The normalized spacial score (nSPS) is 11.5. The predicted molar refractivity (Wildman–Crippen MR) is 101 cm³/mol. The van der Waals surface area contributed by atoms with E-state index in [4.69, 9.17) is 0 Å². The maximum Gasteiger partial charge on any atom is 0.434 e. The van der Waals surface area contributed by atoms with Gasteiger partial charge in [-0.3, -0.25) is 9.89 Å². The number of alkyl halides is 3. The minimum atomic E-state index is -4.93. The molecule has 0 spiro atoms. The fourth-order valence-electron chi connectivity index (χ4n) is 2.94. The van der Waals surface area contributed by atoms with E-state index in [-0.39, 0.29) is 5.69 Å². The number of halogens is 4. The Kier molecular flexibility index (Phi) is 4.82. The number of carbonyl (C=O) groups is 1. The highest BCUT2D eigenvalue weighted by Gasteiger charge is 2.41. The van der Waals surface area contributed by atoms with Crippen LogP contribution in [0.5, 0.6) is 0 Å². The van der Waals surface area contributed by atoms with E-state index in [0.717, 1.165) is 29.6 Å². The number of rotatable bonds is 4. The van der Waals surface area contributed by atoms with Gasteiger partial charge in [-0.25, -0.2) is 9.07 Å². The molecule has 152 valence electrons. The van der Waals surface area contributed by atoms with Crippen molar-refractivity contribution in [2.45, 2.75) is 6.18 Å². The highest BCUT2D eigenvalue weighted by Crippen LogP contribution is 2.34. The van der Waals surface area contributed by atoms with Crippen LogP contribution in [0.25, 0.3) is 16.9 Å². The lowest BCUT2D eigenvalue weighted by Crippen LogP contribution is -2.21. The molecule has 4 rings (SSSR count). The summed E-state index contributed by atoms with van der Waals surface area (Å²) in [6, 6.07) is 13.1. The first-order chi connectivity index (χ1) is 14.3. The number of carbonyl (C=O) groups excluding carboxylic acids is 1. The summed E-state index contributed by atoms with van der Waals surface area (Å²) >= 11 is 0. The van der Waals surface area contributed by atoms with Crippen LogP contribution in [0.2, 0.25) is 0 Å². The number of amides is 1. The van der Waals surface area contributed by atoms with Crippen LogP contribution in [0.1, 0.15) is 16.1 Å². The largest absolute Gasteiger partial charge is 0.434 e. The first kappa shape index (κ1) is 19.4. The number of anilines is 1. The molecule has 0 bridgehead atoms. The van der Waals surface area contributed by atoms with Gasteiger partial charge < -0.3 is 5.32 Å². The number of aromatic nitrogens is 4. The van der Waals surface area contributed by atoms with Gasteiger partial charge >= 0.3 is 6.18 Å². The molecule has 2 aromatic carbocycles. The number of nitrogens with zero attached hydrogens (tertiary/aromatic N) is 3. The molecule has 10 heteroatoms. The molecule has 0 atom stereocenters. The molecule has 30 heavy (non-hydrogen) atoms. The molecule has 0 unspecified atom stereocenters. The molecule has 1 amide bonds. The summed E-state index contributed by atoms with van der Waals surface area (Å²) in [4.78, 5) is 12.6. The first-order valence-corrected chi connectivity index (χ1v) is 8.66. The highest BCUT2D eigenvalue weighted by molar-refractivity contribution is 6.05. The number of nitrogens with one attached hydrogen (secondary N) is 2. The van der Waals surface area contributed by atoms with Gasteiger partial charge in [0.1, 0.15) is 11.5 Å². The van der Waals surface area contributed by atoms with Crippen LogP contribution >= 0.6 is 0 Å². The van der Waals surface area contributed by atoms with E-state index >= 15 is 0 Å². The zero-order valence-corrected chi connectivity index (χ0v) is 15.1. The van der Waals surface area contributed by atoms with Crippen molar-refractivity contribution in [1.82, 2.24) is 20.0 Å². The highest BCUT2D eigenvalue weighted by atomic mass is 19.4. The first-order valence-electron chi connectivity index (χ1n) is 8.66. The number of aromatic amines is 1. The lowest BCUT2D eigenvalue weighted by atomic mass is 10.1. The van der Waals surface area contributed by atoms with Crippen molar-refractivity contribution in [3.05, 3.63) is 84.1 Å². The third-order valence-corrected chi connectivity index (χ3v) is 4.32. The molecule has 0 aliphatic rings. The van der Waals surface area contributed by atoms with Gasteiger partial charge in [0.25, 0.3) is 5.91 Å². The third kappa shape index (κ3) is 3.66.